The van der Waals surface area contributed by atoms with Crippen molar-refractivity contribution in [2.24, 2.45) is 5.10 Å². The average Bonchev–Trinajstić information content (AvgIpc) is 3.33. The Morgan fingerprint density at radius 3 is 2.50 bits per heavy atom. The number of methoxy groups -OCH3 is 1. The number of ether oxygens (including phenoxy) is 3. The van der Waals surface area contributed by atoms with Gasteiger partial charge in [0.05, 0.1) is 25.5 Å². The highest BCUT2D eigenvalue weighted by Crippen LogP contribution is 2.48. The molecule has 176 valence electrons. The van der Waals surface area contributed by atoms with Crippen LogP contribution in [0.3, 0.4) is 0 Å². The first-order valence-electron chi connectivity index (χ1n) is 11.9. The molecule has 0 fully saturated rings. The Morgan fingerprint density at radius 2 is 1.76 bits per heavy atom. The second-order valence-electron chi connectivity index (χ2n) is 8.65. The minimum atomic E-state index is -0.302. The predicted octanol–water partition coefficient (Wildman–Crippen LogP) is 7.27. The molecule has 0 saturated carbocycles. The lowest BCUT2D eigenvalue weighted by atomic mass is 9.96. The van der Waals surface area contributed by atoms with Gasteiger partial charge in [0.1, 0.15) is 17.2 Å². The van der Waals surface area contributed by atoms with Crippen LogP contribution in [0.5, 0.6) is 17.2 Å². The van der Waals surface area contributed by atoms with Crippen molar-refractivity contribution in [1.29, 1.82) is 0 Å². The van der Waals surface area contributed by atoms with Gasteiger partial charge in [0, 0.05) is 22.0 Å². The third-order valence-electron chi connectivity index (χ3n) is 6.36. The predicted molar refractivity (Wildman–Crippen MR) is 138 cm³/mol. The Balaban J connectivity index is 1.43. The van der Waals surface area contributed by atoms with Gasteiger partial charge in [-0.15, -0.1) is 0 Å². The number of unbranched alkanes of at least 4 members (excludes halogenated alkanes) is 2. The molecule has 5 nitrogen and oxygen atoms in total. The van der Waals surface area contributed by atoms with Crippen molar-refractivity contribution in [3.8, 4) is 17.2 Å². The van der Waals surface area contributed by atoms with Crippen molar-refractivity contribution >= 4 is 21.6 Å². The number of hydrogen-bond donors (Lipinski definition) is 0. The second-order valence-corrected chi connectivity index (χ2v) is 9.57. The molecule has 3 aromatic rings. The first-order chi connectivity index (χ1) is 16.7. The number of benzene rings is 3. The average molecular weight is 521 g/mol. The van der Waals surface area contributed by atoms with Crippen molar-refractivity contribution < 1.29 is 14.2 Å². The summed E-state index contributed by atoms with van der Waals surface area (Å²) in [4.78, 5) is 0. The summed E-state index contributed by atoms with van der Waals surface area (Å²) in [6, 6.07) is 22.6. The molecule has 34 heavy (non-hydrogen) atoms. The molecule has 2 aliphatic rings. The minimum absolute atomic E-state index is 0.105. The molecule has 0 aromatic heterocycles. The Labute approximate surface area is 209 Å². The van der Waals surface area contributed by atoms with E-state index in [1.54, 1.807) is 7.11 Å². The van der Waals surface area contributed by atoms with Crippen LogP contribution in [-0.4, -0.2) is 24.4 Å². The Kier molecular flexibility index (Phi) is 6.77. The highest BCUT2D eigenvalue weighted by Gasteiger charge is 2.41. The number of fused-ring (bicyclic) bond motifs is 3. The topological polar surface area (TPSA) is 43.3 Å². The van der Waals surface area contributed by atoms with Crippen molar-refractivity contribution in [3.63, 3.8) is 0 Å². The molecule has 0 bridgehead atoms. The van der Waals surface area contributed by atoms with Gasteiger partial charge in [-0.3, -0.25) is 0 Å². The molecular weight excluding hydrogens is 492 g/mol. The van der Waals surface area contributed by atoms with E-state index in [0.717, 1.165) is 63.6 Å². The van der Waals surface area contributed by atoms with Crippen molar-refractivity contribution in [2.75, 3.05) is 13.7 Å². The lowest BCUT2D eigenvalue weighted by molar-refractivity contribution is -0.0191. The molecular formula is C28H29BrN2O3. The zero-order valence-electron chi connectivity index (χ0n) is 19.5. The van der Waals surface area contributed by atoms with E-state index in [2.05, 4.69) is 58.2 Å². The molecule has 2 heterocycles. The van der Waals surface area contributed by atoms with Gasteiger partial charge in [0.2, 0.25) is 6.23 Å². The zero-order valence-corrected chi connectivity index (χ0v) is 21.1. The molecule has 6 heteroatoms. The van der Waals surface area contributed by atoms with Gasteiger partial charge in [-0.1, -0.05) is 35.7 Å². The quantitative estimate of drug-likeness (QED) is 0.293. The normalized spacial score (nSPS) is 18.6. The summed E-state index contributed by atoms with van der Waals surface area (Å²) in [5.74, 6) is 2.63. The number of rotatable bonds is 8. The summed E-state index contributed by atoms with van der Waals surface area (Å²) in [5, 5.41) is 7.15. The number of hydrogen-bond acceptors (Lipinski definition) is 5. The largest absolute Gasteiger partial charge is 0.497 e. The van der Waals surface area contributed by atoms with Gasteiger partial charge in [-0.2, -0.15) is 5.10 Å². The summed E-state index contributed by atoms with van der Waals surface area (Å²) in [6.45, 7) is 2.95. The van der Waals surface area contributed by atoms with Crippen molar-refractivity contribution in [2.45, 2.75) is 44.9 Å². The van der Waals surface area contributed by atoms with E-state index in [4.69, 9.17) is 19.3 Å². The van der Waals surface area contributed by atoms with Gasteiger partial charge in [-0.25, -0.2) is 5.01 Å². The maximum atomic E-state index is 6.50. The number of hydrazone groups is 1. The van der Waals surface area contributed by atoms with Gasteiger partial charge in [0.15, 0.2) is 0 Å². The van der Waals surface area contributed by atoms with Crippen LogP contribution >= 0.6 is 15.9 Å². The lowest BCUT2D eigenvalue weighted by Gasteiger charge is -2.38. The van der Waals surface area contributed by atoms with Crippen LogP contribution in [0.25, 0.3) is 0 Å². The van der Waals surface area contributed by atoms with E-state index in [1.165, 1.54) is 12.8 Å². The Hall–Kier alpha value is -2.99. The Bertz CT molecular complexity index is 1160. The maximum Gasteiger partial charge on any atom is 0.213 e. The first-order valence-corrected chi connectivity index (χ1v) is 12.6. The summed E-state index contributed by atoms with van der Waals surface area (Å²) in [7, 11) is 1.68. The molecule has 5 rings (SSSR count). The third kappa shape index (κ3) is 4.64. The van der Waals surface area contributed by atoms with Gasteiger partial charge >= 0.3 is 0 Å². The van der Waals surface area contributed by atoms with E-state index in [0.29, 0.717) is 0 Å². The molecule has 0 amide bonds. The van der Waals surface area contributed by atoms with Gasteiger partial charge in [0.25, 0.3) is 0 Å². The molecule has 0 radical (unpaired) electrons. The molecule has 0 unspecified atom stereocenters. The van der Waals surface area contributed by atoms with Gasteiger partial charge in [-0.05, 0) is 78.7 Å². The number of halogens is 1. The minimum Gasteiger partial charge on any atom is -0.497 e. The smallest absolute Gasteiger partial charge is 0.213 e. The monoisotopic (exact) mass is 520 g/mol. The molecule has 0 aliphatic carbocycles. The van der Waals surface area contributed by atoms with Crippen LogP contribution in [-0.2, 0) is 0 Å². The lowest BCUT2D eigenvalue weighted by Crippen LogP contribution is -2.33. The molecule has 2 atom stereocenters. The first kappa shape index (κ1) is 22.8. The van der Waals surface area contributed by atoms with Crippen LogP contribution in [0.2, 0.25) is 0 Å². The molecule has 0 saturated heterocycles. The standard InChI is InChI=1S/C28H29BrN2O3/c1-3-4-5-16-33-23-13-8-20(9-14-23)28-31-26(24-17-21(29)10-15-27(24)34-28)18-25(30-31)19-6-11-22(32-2)12-7-19/h6-15,17,26,28H,3-5,16,18H2,1-2H3/t26-,28-/m0/s1. The highest BCUT2D eigenvalue weighted by molar-refractivity contribution is 9.10. The van der Waals surface area contributed by atoms with Crippen LogP contribution < -0.4 is 14.2 Å². The fourth-order valence-electron chi connectivity index (χ4n) is 4.51. The third-order valence-corrected chi connectivity index (χ3v) is 6.85. The molecule has 0 N–H and O–H groups in total. The molecule has 3 aromatic carbocycles. The van der Waals surface area contributed by atoms with E-state index >= 15 is 0 Å². The summed E-state index contributed by atoms with van der Waals surface area (Å²) < 4.78 is 18.8. The van der Waals surface area contributed by atoms with Crippen LogP contribution in [0, 0.1) is 0 Å². The SMILES string of the molecule is CCCCCOc1ccc([C@@H]2Oc3ccc(Br)cc3[C@@H]3CC(c4ccc(OC)cc4)=NN32)cc1. The number of nitrogens with zero attached hydrogens (tertiary/aromatic N) is 2. The zero-order chi connectivity index (χ0) is 23.5. The molecule has 0 spiro atoms. The van der Waals surface area contributed by atoms with Gasteiger partial charge < -0.3 is 14.2 Å². The maximum absolute atomic E-state index is 6.50. The van der Waals surface area contributed by atoms with E-state index in [9.17, 15) is 0 Å². The second kappa shape index (κ2) is 10.1. The van der Waals surface area contributed by atoms with E-state index in [-0.39, 0.29) is 12.3 Å². The Morgan fingerprint density at radius 1 is 1.00 bits per heavy atom. The fraction of sp³-hybridized carbons (Fsp3) is 0.321. The van der Waals surface area contributed by atoms with Crippen LogP contribution in [0.15, 0.2) is 76.3 Å². The van der Waals surface area contributed by atoms with Crippen LogP contribution in [0.4, 0.5) is 0 Å². The van der Waals surface area contributed by atoms with E-state index in [1.807, 2.05) is 36.4 Å². The molecule has 2 aliphatic heterocycles. The summed E-state index contributed by atoms with van der Waals surface area (Å²) in [5.41, 5.74) is 4.35. The van der Waals surface area contributed by atoms with Crippen molar-refractivity contribution in [3.05, 3.63) is 87.9 Å². The van der Waals surface area contributed by atoms with E-state index < -0.39 is 0 Å². The summed E-state index contributed by atoms with van der Waals surface area (Å²) >= 11 is 3.62. The highest BCUT2D eigenvalue weighted by atomic mass is 79.9. The summed E-state index contributed by atoms with van der Waals surface area (Å²) in [6.07, 6.45) is 3.97. The fourth-order valence-corrected chi connectivity index (χ4v) is 4.89. The van der Waals surface area contributed by atoms with Crippen molar-refractivity contribution in [1.82, 2.24) is 5.01 Å². The van der Waals surface area contributed by atoms with Crippen LogP contribution in [0.1, 0.15) is 61.6 Å².